The molecule has 8 nitrogen and oxygen atoms in total. The lowest BCUT2D eigenvalue weighted by Gasteiger charge is -2.37. The molecule has 2 aliphatic rings. The lowest BCUT2D eigenvalue weighted by Crippen LogP contribution is -2.49. The highest BCUT2D eigenvalue weighted by molar-refractivity contribution is 6.03. The molecule has 2 unspecified atom stereocenters. The van der Waals surface area contributed by atoms with E-state index >= 15 is 0 Å². The molecule has 8 heteroatoms. The molecule has 0 spiro atoms. The molecule has 172 valence electrons. The van der Waals surface area contributed by atoms with Crippen LogP contribution >= 0.6 is 0 Å². The number of pyridine rings is 1. The van der Waals surface area contributed by atoms with E-state index in [1.807, 2.05) is 48.8 Å². The van der Waals surface area contributed by atoms with Crippen molar-refractivity contribution in [2.75, 3.05) is 23.3 Å². The third-order valence-electron chi connectivity index (χ3n) is 6.91. The van der Waals surface area contributed by atoms with Gasteiger partial charge in [0.15, 0.2) is 0 Å². The molecule has 0 radical (unpaired) electrons. The van der Waals surface area contributed by atoms with Gasteiger partial charge in [-0.15, -0.1) is 0 Å². The Morgan fingerprint density at radius 2 is 1.88 bits per heavy atom. The van der Waals surface area contributed by atoms with Crippen LogP contribution in [0.15, 0.2) is 67.1 Å². The predicted octanol–water partition coefficient (Wildman–Crippen LogP) is 3.71. The zero-order chi connectivity index (χ0) is 23.2. The Balaban J connectivity index is 1.32. The molecule has 1 aromatic carbocycles. The lowest BCUT2D eigenvalue weighted by atomic mass is 10.1. The summed E-state index contributed by atoms with van der Waals surface area (Å²) in [7, 11) is 0. The monoisotopic (exact) mass is 453 g/mol. The summed E-state index contributed by atoms with van der Waals surface area (Å²) < 4.78 is 2.07. The van der Waals surface area contributed by atoms with Crippen LogP contribution in [-0.4, -0.2) is 61.4 Å². The predicted molar refractivity (Wildman–Crippen MR) is 132 cm³/mol. The molecule has 5 heterocycles. The van der Waals surface area contributed by atoms with Crippen molar-refractivity contribution in [2.24, 2.45) is 0 Å². The highest BCUT2D eigenvalue weighted by Gasteiger charge is 2.45. The number of benzene rings is 1. The molecule has 0 saturated carbocycles. The Kier molecular flexibility index (Phi) is 5.03. The second kappa shape index (κ2) is 8.22. The number of imidazole rings is 1. The summed E-state index contributed by atoms with van der Waals surface area (Å²) in [5, 5.41) is 2.89. The molecule has 2 aliphatic heterocycles. The topological polar surface area (TPSA) is 78.7 Å². The quantitative estimate of drug-likeness (QED) is 0.496. The van der Waals surface area contributed by atoms with E-state index in [0.717, 1.165) is 35.9 Å². The van der Waals surface area contributed by atoms with Crippen LogP contribution in [0.2, 0.25) is 0 Å². The zero-order valence-corrected chi connectivity index (χ0v) is 19.3. The second-order valence-electron chi connectivity index (χ2n) is 9.33. The number of nitrogens with one attached hydrogen (secondary N) is 1. The van der Waals surface area contributed by atoms with Gasteiger partial charge in [-0.2, -0.15) is 0 Å². The summed E-state index contributed by atoms with van der Waals surface area (Å²) in [4.78, 5) is 31.6. The van der Waals surface area contributed by atoms with Crippen LogP contribution in [0.1, 0.15) is 30.6 Å². The average molecular weight is 454 g/mol. The fourth-order valence-corrected chi connectivity index (χ4v) is 5.27. The minimum Gasteiger partial charge on any atom is -0.336 e. The van der Waals surface area contributed by atoms with Gasteiger partial charge in [-0.05, 0) is 44.5 Å². The van der Waals surface area contributed by atoms with Crippen LogP contribution in [0, 0.1) is 0 Å². The summed E-state index contributed by atoms with van der Waals surface area (Å²) in [5.74, 6) is 1.23. The average Bonchev–Trinajstić information content (AvgIpc) is 3.60. The van der Waals surface area contributed by atoms with Crippen LogP contribution < -0.4 is 10.2 Å². The fraction of sp³-hybridized carbons (Fsp3) is 0.308. The first-order chi connectivity index (χ1) is 16.6. The number of carbonyl (C=O) groups excluding carboxylic acids is 1. The molecular weight excluding hydrogens is 426 g/mol. The maximum absolute atomic E-state index is 12.6. The molecule has 34 heavy (non-hydrogen) atoms. The second-order valence-corrected chi connectivity index (χ2v) is 9.33. The maximum atomic E-state index is 12.6. The Morgan fingerprint density at radius 3 is 2.65 bits per heavy atom. The highest BCUT2D eigenvalue weighted by atomic mass is 16.1. The standard InChI is InChI=1S/C26H27N7O/c1-17(2)32-15-21-13-20(32)16-33(21)26-29-22(14-24-28-10-11-31(24)26)19-8-9-27-23(12-19)30-25(34)18-6-4-3-5-7-18/h3-12,14,17,20-21H,13,15-16H2,1-2H3,(H,27,30,34). The Labute approximate surface area is 198 Å². The number of hydrogen-bond acceptors (Lipinski definition) is 6. The number of carbonyl (C=O) groups is 1. The highest BCUT2D eigenvalue weighted by Crippen LogP contribution is 2.36. The Bertz CT molecular complexity index is 1350. The number of rotatable bonds is 5. The van der Waals surface area contributed by atoms with Crippen molar-refractivity contribution in [1.82, 2.24) is 24.3 Å². The van der Waals surface area contributed by atoms with Crippen molar-refractivity contribution >= 4 is 23.3 Å². The summed E-state index contributed by atoms with van der Waals surface area (Å²) in [5.41, 5.74) is 3.15. The van der Waals surface area contributed by atoms with Gasteiger partial charge in [-0.3, -0.25) is 14.1 Å². The van der Waals surface area contributed by atoms with Gasteiger partial charge >= 0.3 is 0 Å². The molecule has 1 N–H and O–H groups in total. The number of nitrogens with zero attached hydrogens (tertiary/aromatic N) is 6. The van der Waals surface area contributed by atoms with Gasteiger partial charge in [0, 0.05) is 67.0 Å². The van der Waals surface area contributed by atoms with Crippen LogP contribution in [0.3, 0.4) is 0 Å². The van der Waals surface area contributed by atoms with Crippen molar-refractivity contribution in [1.29, 1.82) is 0 Å². The summed E-state index contributed by atoms with van der Waals surface area (Å²) >= 11 is 0. The first-order valence-electron chi connectivity index (χ1n) is 11.8. The number of amides is 1. The largest absolute Gasteiger partial charge is 0.336 e. The fourth-order valence-electron chi connectivity index (χ4n) is 5.27. The van der Waals surface area contributed by atoms with Crippen LogP contribution in [-0.2, 0) is 0 Å². The van der Waals surface area contributed by atoms with E-state index in [2.05, 4.69) is 43.3 Å². The van der Waals surface area contributed by atoms with Crippen molar-refractivity contribution in [3.05, 3.63) is 72.7 Å². The third kappa shape index (κ3) is 3.60. The first-order valence-corrected chi connectivity index (χ1v) is 11.8. The van der Waals surface area contributed by atoms with Crippen molar-refractivity contribution in [2.45, 2.75) is 38.4 Å². The number of aromatic nitrogens is 4. The van der Waals surface area contributed by atoms with Gasteiger partial charge in [0.2, 0.25) is 5.95 Å². The van der Waals surface area contributed by atoms with Gasteiger partial charge in [-0.25, -0.2) is 15.0 Å². The van der Waals surface area contributed by atoms with E-state index in [1.165, 1.54) is 6.42 Å². The van der Waals surface area contributed by atoms with Crippen LogP contribution in [0.5, 0.6) is 0 Å². The maximum Gasteiger partial charge on any atom is 0.256 e. The van der Waals surface area contributed by atoms with E-state index < -0.39 is 0 Å². The number of hydrogen-bond donors (Lipinski definition) is 1. The molecule has 2 atom stereocenters. The molecule has 3 aromatic heterocycles. The molecular formula is C26H27N7O. The summed E-state index contributed by atoms with van der Waals surface area (Å²) in [6.45, 7) is 6.59. The molecule has 2 saturated heterocycles. The number of likely N-dealkylation sites (tertiary alicyclic amines) is 1. The molecule has 2 fully saturated rings. The minimum atomic E-state index is -0.189. The molecule has 2 bridgehead atoms. The normalized spacial score (nSPS) is 19.9. The van der Waals surface area contributed by atoms with Crippen molar-refractivity contribution in [3.63, 3.8) is 0 Å². The summed E-state index contributed by atoms with van der Waals surface area (Å²) in [6, 6.07) is 16.5. The summed E-state index contributed by atoms with van der Waals surface area (Å²) in [6.07, 6.45) is 6.67. The number of anilines is 2. The Morgan fingerprint density at radius 1 is 1.03 bits per heavy atom. The Hall–Kier alpha value is -3.78. The zero-order valence-electron chi connectivity index (χ0n) is 19.3. The number of piperazine rings is 1. The van der Waals surface area contributed by atoms with Gasteiger partial charge in [-0.1, -0.05) is 18.2 Å². The molecule has 1 amide bonds. The third-order valence-corrected chi connectivity index (χ3v) is 6.91. The first kappa shape index (κ1) is 20.8. The molecule has 6 rings (SSSR count). The van der Waals surface area contributed by atoms with Crippen molar-refractivity contribution in [3.8, 4) is 11.3 Å². The lowest BCUT2D eigenvalue weighted by molar-refractivity contribution is 0.102. The van der Waals surface area contributed by atoms with Crippen LogP contribution in [0.25, 0.3) is 16.9 Å². The van der Waals surface area contributed by atoms with E-state index in [4.69, 9.17) is 4.98 Å². The van der Waals surface area contributed by atoms with Gasteiger partial charge in [0.1, 0.15) is 11.5 Å². The van der Waals surface area contributed by atoms with Gasteiger partial charge in [0.25, 0.3) is 5.91 Å². The van der Waals surface area contributed by atoms with Crippen LogP contribution in [0.4, 0.5) is 11.8 Å². The van der Waals surface area contributed by atoms with E-state index in [1.54, 1.807) is 18.3 Å². The SMILES string of the molecule is CC(C)N1CC2CC1CN2c1nc(-c2ccnc(NC(=O)c3ccccc3)c2)cc2nccn12. The van der Waals surface area contributed by atoms with Crippen molar-refractivity contribution < 1.29 is 4.79 Å². The molecule has 0 aliphatic carbocycles. The van der Waals surface area contributed by atoms with E-state index in [9.17, 15) is 4.79 Å². The minimum absolute atomic E-state index is 0.189. The van der Waals surface area contributed by atoms with Gasteiger partial charge in [0.05, 0.1) is 5.69 Å². The van der Waals surface area contributed by atoms with E-state index in [0.29, 0.717) is 29.5 Å². The number of fused-ring (bicyclic) bond motifs is 3. The smallest absolute Gasteiger partial charge is 0.256 e. The van der Waals surface area contributed by atoms with Gasteiger partial charge < -0.3 is 10.2 Å². The van der Waals surface area contributed by atoms with E-state index in [-0.39, 0.29) is 5.91 Å². The molecule has 4 aromatic rings.